The van der Waals surface area contributed by atoms with Crippen molar-refractivity contribution in [2.24, 2.45) is 10.9 Å². The lowest BCUT2D eigenvalue weighted by Gasteiger charge is -2.34. The Morgan fingerprint density at radius 3 is 2.64 bits per heavy atom. The minimum Gasteiger partial charge on any atom is -0.369 e. The molecule has 64 valence electrons. The summed E-state index contributed by atoms with van der Waals surface area (Å²) in [6, 6.07) is 0.461. The van der Waals surface area contributed by atoms with Gasteiger partial charge in [0.15, 0.2) is 0 Å². The van der Waals surface area contributed by atoms with Crippen molar-refractivity contribution in [2.75, 3.05) is 0 Å². The lowest BCUT2D eigenvalue weighted by Crippen LogP contribution is -2.50. The van der Waals surface area contributed by atoms with E-state index in [1.165, 1.54) is 0 Å². The summed E-state index contributed by atoms with van der Waals surface area (Å²) in [5.41, 5.74) is 0.189. The molecule has 0 aromatic rings. The summed E-state index contributed by atoms with van der Waals surface area (Å²) in [5, 5.41) is 3.34. The van der Waals surface area contributed by atoms with E-state index in [9.17, 15) is 0 Å². The smallest absolute Gasteiger partial charge is 0.0833 e. The zero-order valence-electron chi connectivity index (χ0n) is 7.89. The standard InChI is InChI=1S/C9H18N2/c1-5-8-9(4,7(2)3)11-6-10-8/h6-8H,5H2,1-4H3,(H,10,11)/t8?,9-/m0/s1. The normalized spacial score (nSPS) is 36.3. The molecule has 1 rings (SSSR count). The highest BCUT2D eigenvalue weighted by Crippen LogP contribution is 2.27. The van der Waals surface area contributed by atoms with Crippen LogP contribution >= 0.6 is 0 Å². The zero-order chi connectivity index (χ0) is 8.48. The van der Waals surface area contributed by atoms with Gasteiger partial charge in [-0.3, -0.25) is 4.99 Å². The van der Waals surface area contributed by atoms with Gasteiger partial charge in [0.05, 0.1) is 17.9 Å². The van der Waals surface area contributed by atoms with Crippen LogP contribution in [0.1, 0.15) is 34.1 Å². The number of hydrogen-bond donors (Lipinski definition) is 1. The first-order valence-electron chi connectivity index (χ1n) is 4.40. The molecule has 0 aromatic carbocycles. The summed E-state index contributed by atoms with van der Waals surface area (Å²) in [6.45, 7) is 8.92. The Hall–Kier alpha value is -0.530. The number of aliphatic imine (C=N–C) groups is 1. The second kappa shape index (κ2) is 2.84. The molecule has 0 radical (unpaired) electrons. The molecule has 0 saturated carbocycles. The summed E-state index contributed by atoms with van der Waals surface area (Å²) in [4.78, 5) is 4.39. The first-order chi connectivity index (χ1) is 5.11. The molecule has 2 heteroatoms. The molecule has 2 nitrogen and oxygen atoms in total. The van der Waals surface area contributed by atoms with Crippen molar-refractivity contribution in [2.45, 2.75) is 45.7 Å². The molecular formula is C9H18N2. The summed E-state index contributed by atoms with van der Waals surface area (Å²) in [5.74, 6) is 0.634. The van der Waals surface area contributed by atoms with Gasteiger partial charge in [-0.1, -0.05) is 20.8 Å². The quantitative estimate of drug-likeness (QED) is 0.644. The average Bonchev–Trinajstić information content (AvgIpc) is 2.32. The second-order valence-electron chi connectivity index (χ2n) is 3.78. The maximum atomic E-state index is 4.39. The van der Waals surface area contributed by atoms with Crippen LogP contribution in [0.2, 0.25) is 0 Å². The Kier molecular flexibility index (Phi) is 2.21. The Balaban J connectivity index is 2.71. The molecule has 1 unspecified atom stereocenters. The van der Waals surface area contributed by atoms with Crippen LogP contribution in [0.5, 0.6) is 0 Å². The maximum absolute atomic E-state index is 4.39. The number of rotatable bonds is 2. The summed E-state index contributed by atoms with van der Waals surface area (Å²) in [7, 11) is 0. The van der Waals surface area contributed by atoms with Crippen LogP contribution in [0.15, 0.2) is 4.99 Å². The average molecular weight is 154 g/mol. The third kappa shape index (κ3) is 1.26. The molecule has 0 aromatic heterocycles. The van der Waals surface area contributed by atoms with E-state index in [1.807, 2.05) is 6.34 Å². The zero-order valence-corrected chi connectivity index (χ0v) is 7.89. The van der Waals surface area contributed by atoms with E-state index in [2.05, 4.69) is 38.0 Å². The van der Waals surface area contributed by atoms with E-state index in [-0.39, 0.29) is 5.54 Å². The number of hydrogen-bond acceptors (Lipinski definition) is 2. The summed E-state index contributed by atoms with van der Waals surface area (Å²) < 4.78 is 0. The number of nitrogens with one attached hydrogen (secondary N) is 1. The molecule has 1 aliphatic heterocycles. The van der Waals surface area contributed by atoms with Gasteiger partial charge >= 0.3 is 0 Å². The van der Waals surface area contributed by atoms with E-state index < -0.39 is 0 Å². The molecule has 11 heavy (non-hydrogen) atoms. The Morgan fingerprint density at radius 1 is 1.64 bits per heavy atom. The third-order valence-corrected chi connectivity index (χ3v) is 2.91. The van der Waals surface area contributed by atoms with Gasteiger partial charge in [0.25, 0.3) is 0 Å². The monoisotopic (exact) mass is 154 g/mol. The highest BCUT2D eigenvalue weighted by atomic mass is 15.1. The molecule has 0 bridgehead atoms. The van der Waals surface area contributed by atoms with Crippen LogP contribution in [-0.4, -0.2) is 17.9 Å². The van der Waals surface area contributed by atoms with Crippen LogP contribution in [-0.2, 0) is 0 Å². The Morgan fingerprint density at radius 2 is 2.27 bits per heavy atom. The third-order valence-electron chi connectivity index (χ3n) is 2.91. The predicted molar refractivity (Wildman–Crippen MR) is 48.9 cm³/mol. The van der Waals surface area contributed by atoms with E-state index in [4.69, 9.17) is 0 Å². The SMILES string of the molecule is CCC1N=CN[C@@]1(C)C(C)C. The maximum Gasteiger partial charge on any atom is 0.0833 e. The fourth-order valence-corrected chi connectivity index (χ4v) is 1.60. The van der Waals surface area contributed by atoms with Crippen LogP contribution < -0.4 is 5.32 Å². The van der Waals surface area contributed by atoms with Crippen molar-refractivity contribution < 1.29 is 0 Å². The van der Waals surface area contributed by atoms with Gasteiger partial charge in [0.1, 0.15) is 0 Å². The predicted octanol–water partition coefficient (Wildman–Crippen LogP) is 1.81. The lowest BCUT2D eigenvalue weighted by molar-refractivity contribution is 0.265. The molecule has 1 N–H and O–H groups in total. The summed E-state index contributed by atoms with van der Waals surface area (Å²) in [6.07, 6.45) is 2.98. The van der Waals surface area contributed by atoms with Gasteiger partial charge in [-0.25, -0.2) is 0 Å². The van der Waals surface area contributed by atoms with Gasteiger partial charge < -0.3 is 5.32 Å². The fourth-order valence-electron chi connectivity index (χ4n) is 1.60. The van der Waals surface area contributed by atoms with Gasteiger partial charge in [0.2, 0.25) is 0 Å². The van der Waals surface area contributed by atoms with E-state index in [0.29, 0.717) is 12.0 Å². The molecule has 0 fully saturated rings. The summed E-state index contributed by atoms with van der Waals surface area (Å²) >= 11 is 0. The molecule has 2 atom stereocenters. The lowest BCUT2D eigenvalue weighted by atomic mass is 9.81. The molecule has 0 saturated heterocycles. The second-order valence-corrected chi connectivity index (χ2v) is 3.78. The van der Waals surface area contributed by atoms with Crippen LogP contribution in [0, 0.1) is 5.92 Å². The van der Waals surface area contributed by atoms with Crippen LogP contribution in [0.25, 0.3) is 0 Å². The van der Waals surface area contributed by atoms with Crippen molar-refractivity contribution in [1.29, 1.82) is 0 Å². The molecule has 0 amide bonds. The molecule has 1 heterocycles. The first kappa shape index (κ1) is 8.57. The number of nitrogens with zero attached hydrogens (tertiary/aromatic N) is 1. The van der Waals surface area contributed by atoms with E-state index in [0.717, 1.165) is 6.42 Å². The van der Waals surface area contributed by atoms with Crippen molar-refractivity contribution >= 4 is 6.34 Å². The minimum absolute atomic E-state index is 0.189. The van der Waals surface area contributed by atoms with Crippen molar-refractivity contribution in [3.05, 3.63) is 0 Å². The Labute approximate surface area is 69.1 Å². The molecule has 0 aliphatic carbocycles. The molecular weight excluding hydrogens is 136 g/mol. The first-order valence-corrected chi connectivity index (χ1v) is 4.40. The highest BCUT2D eigenvalue weighted by Gasteiger charge is 2.37. The van der Waals surface area contributed by atoms with Gasteiger partial charge in [-0.15, -0.1) is 0 Å². The van der Waals surface area contributed by atoms with Gasteiger partial charge in [-0.2, -0.15) is 0 Å². The fraction of sp³-hybridized carbons (Fsp3) is 0.889. The topological polar surface area (TPSA) is 24.4 Å². The minimum atomic E-state index is 0.189. The molecule has 0 spiro atoms. The van der Waals surface area contributed by atoms with Gasteiger partial charge in [-0.05, 0) is 19.3 Å². The van der Waals surface area contributed by atoms with Crippen LogP contribution in [0.4, 0.5) is 0 Å². The van der Waals surface area contributed by atoms with E-state index >= 15 is 0 Å². The van der Waals surface area contributed by atoms with Crippen molar-refractivity contribution in [1.82, 2.24) is 5.32 Å². The highest BCUT2D eigenvalue weighted by molar-refractivity contribution is 5.59. The van der Waals surface area contributed by atoms with Crippen molar-refractivity contribution in [3.63, 3.8) is 0 Å². The van der Waals surface area contributed by atoms with Crippen molar-refractivity contribution in [3.8, 4) is 0 Å². The molecule has 1 aliphatic rings. The largest absolute Gasteiger partial charge is 0.369 e. The Bertz CT molecular complexity index is 163. The van der Waals surface area contributed by atoms with Crippen LogP contribution in [0.3, 0.4) is 0 Å². The van der Waals surface area contributed by atoms with Gasteiger partial charge in [0, 0.05) is 0 Å². The van der Waals surface area contributed by atoms with E-state index in [1.54, 1.807) is 0 Å².